The molecule has 0 bridgehead atoms. The monoisotopic (exact) mass is 234 g/mol. The van der Waals surface area contributed by atoms with E-state index >= 15 is 0 Å². The second-order valence-corrected chi connectivity index (χ2v) is 4.21. The van der Waals surface area contributed by atoms with Crippen molar-refractivity contribution >= 4 is 11.1 Å². The Morgan fingerprint density at radius 3 is 2.94 bits per heavy atom. The molecule has 0 radical (unpaired) electrons. The molecular formula is C12H14N2O3. The Morgan fingerprint density at radius 2 is 2.12 bits per heavy atom. The Bertz CT molecular complexity index is 566. The van der Waals surface area contributed by atoms with Crippen molar-refractivity contribution in [1.82, 2.24) is 10.3 Å². The van der Waals surface area contributed by atoms with Crippen LogP contribution in [0.25, 0.3) is 11.1 Å². The van der Waals surface area contributed by atoms with Gasteiger partial charge in [-0.2, -0.15) is 0 Å². The smallest absolute Gasteiger partial charge is 0.417 e. The van der Waals surface area contributed by atoms with Crippen molar-refractivity contribution in [3.8, 4) is 5.75 Å². The van der Waals surface area contributed by atoms with E-state index in [0.29, 0.717) is 16.8 Å². The number of H-pyrrole nitrogens is 1. The van der Waals surface area contributed by atoms with Gasteiger partial charge in [-0.1, -0.05) is 6.07 Å². The van der Waals surface area contributed by atoms with E-state index in [1.165, 1.54) is 0 Å². The van der Waals surface area contributed by atoms with Crippen LogP contribution in [-0.4, -0.2) is 24.2 Å². The zero-order valence-electron chi connectivity index (χ0n) is 9.36. The fourth-order valence-corrected chi connectivity index (χ4v) is 2.13. The molecule has 1 fully saturated rings. The molecule has 1 aliphatic heterocycles. The molecule has 3 rings (SSSR count). The number of para-hydroxylation sites is 1. The number of aromatic amines is 1. The average molecular weight is 234 g/mol. The summed E-state index contributed by atoms with van der Waals surface area (Å²) >= 11 is 0. The van der Waals surface area contributed by atoms with Gasteiger partial charge in [0.1, 0.15) is 6.10 Å². The third-order valence-electron chi connectivity index (χ3n) is 2.99. The quantitative estimate of drug-likeness (QED) is 0.820. The average Bonchev–Trinajstić information content (AvgIpc) is 2.72. The molecule has 2 heterocycles. The van der Waals surface area contributed by atoms with Crippen molar-refractivity contribution in [3.05, 3.63) is 28.7 Å². The number of rotatable bonds is 2. The first-order chi connectivity index (χ1) is 8.33. The van der Waals surface area contributed by atoms with E-state index in [-0.39, 0.29) is 6.10 Å². The topological polar surface area (TPSA) is 67.3 Å². The fraction of sp³-hybridized carbons (Fsp3) is 0.417. The van der Waals surface area contributed by atoms with Crippen LogP contribution in [0.3, 0.4) is 0 Å². The lowest BCUT2D eigenvalue weighted by Crippen LogP contribution is -2.34. The highest BCUT2D eigenvalue weighted by atomic mass is 16.5. The summed E-state index contributed by atoms with van der Waals surface area (Å²) in [6, 6.07) is 5.49. The molecule has 0 unspecified atom stereocenters. The van der Waals surface area contributed by atoms with Gasteiger partial charge in [0.2, 0.25) is 0 Å². The van der Waals surface area contributed by atoms with E-state index < -0.39 is 5.76 Å². The molecule has 0 amide bonds. The second kappa shape index (κ2) is 4.25. The van der Waals surface area contributed by atoms with Crippen molar-refractivity contribution in [2.24, 2.45) is 0 Å². The molecule has 0 aliphatic carbocycles. The third-order valence-corrected chi connectivity index (χ3v) is 2.99. The van der Waals surface area contributed by atoms with E-state index in [2.05, 4.69) is 10.3 Å². The van der Waals surface area contributed by atoms with Crippen molar-refractivity contribution in [3.63, 3.8) is 0 Å². The molecular weight excluding hydrogens is 220 g/mol. The third kappa shape index (κ3) is 2.06. The SMILES string of the molecule is O=c1[nH]c2cccc(OC3CCNCC3)c2o1. The maximum Gasteiger partial charge on any atom is 0.417 e. The van der Waals surface area contributed by atoms with Crippen LogP contribution in [0.15, 0.2) is 27.4 Å². The van der Waals surface area contributed by atoms with Crippen LogP contribution in [0.2, 0.25) is 0 Å². The molecule has 1 aromatic heterocycles. The minimum absolute atomic E-state index is 0.196. The molecule has 1 aliphatic rings. The molecule has 5 nitrogen and oxygen atoms in total. The second-order valence-electron chi connectivity index (χ2n) is 4.21. The number of hydrogen-bond donors (Lipinski definition) is 2. The summed E-state index contributed by atoms with van der Waals surface area (Å²) < 4.78 is 11.0. The summed E-state index contributed by atoms with van der Waals surface area (Å²) in [6.45, 7) is 1.94. The van der Waals surface area contributed by atoms with Gasteiger partial charge in [-0.3, -0.25) is 4.98 Å². The summed E-state index contributed by atoms with van der Waals surface area (Å²) in [5.41, 5.74) is 1.19. The van der Waals surface area contributed by atoms with E-state index in [1.54, 1.807) is 6.07 Å². The van der Waals surface area contributed by atoms with E-state index in [0.717, 1.165) is 25.9 Å². The van der Waals surface area contributed by atoms with Gasteiger partial charge in [0, 0.05) is 0 Å². The normalized spacial score (nSPS) is 17.4. The van der Waals surface area contributed by atoms with Gasteiger partial charge in [-0.05, 0) is 38.1 Å². The highest BCUT2D eigenvalue weighted by Crippen LogP contribution is 2.25. The predicted molar refractivity (Wildman–Crippen MR) is 63.4 cm³/mol. The predicted octanol–water partition coefficient (Wildman–Crippen LogP) is 1.25. The molecule has 0 saturated carbocycles. The van der Waals surface area contributed by atoms with Gasteiger partial charge < -0.3 is 14.5 Å². The minimum Gasteiger partial charge on any atom is -0.486 e. The first kappa shape index (κ1) is 10.4. The maximum atomic E-state index is 11.1. The van der Waals surface area contributed by atoms with Crippen LogP contribution in [0.5, 0.6) is 5.75 Å². The Hall–Kier alpha value is -1.75. The highest BCUT2D eigenvalue weighted by molar-refractivity contribution is 5.78. The molecule has 1 aromatic carbocycles. The number of fused-ring (bicyclic) bond motifs is 1. The van der Waals surface area contributed by atoms with Crippen molar-refractivity contribution in [1.29, 1.82) is 0 Å². The lowest BCUT2D eigenvalue weighted by molar-refractivity contribution is 0.162. The Morgan fingerprint density at radius 1 is 1.29 bits per heavy atom. The lowest BCUT2D eigenvalue weighted by atomic mass is 10.1. The van der Waals surface area contributed by atoms with Crippen molar-refractivity contribution in [2.45, 2.75) is 18.9 Å². The molecule has 1 saturated heterocycles. The largest absolute Gasteiger partial charge is 0.486 e. The van der Waals surface area contributed by atoms with Gasteiger partial charge in [-0.15, -0.1) is 0 Å². The van der Waals surface area contributed by atoms with Crippen LogP contribution in [-0.2, 0) is 0 Å². The number of ether oxygens (including phenoxy) is 1. The van der Waals surface area contributed by atoms with Crippen LogP contribution in [0.4, 0.5) is 0 Å². The van der Waals surface area contributed by atoms with Crippen molar-refractivity contribution < 1.29 is 9.15 Å². The van der Waals surface area contributed by atoms with Crippen LogP contribution < -0.4 is 15.8 Å². The molecule has 5 heteroatoms. The molecule has 17 heavy (non-hydrogen) atoms. The molecule has 2 N–H and O–H groups in total. The molecule has 90 valence electrons. The van der Waals surface area contributed by atoms with E-state index in [9.17, 15) is 4.79 Å². The first-order valence-corrected chi connectivity index (χ1v) is 5.82. The number of benzene rings is 1. The minimum atomic E-state index is -0.443. The van der Waals surface area contributed by atoms with Gasteiger partial charge >= 0.3 is 5.76 Å². The Kier molecular flexibility index (Phi) is 2.60. The van der Waals surface area contributed by atoms with Crippen LogP contribution in [0, 0.1) is 0 Å². The van der Waals surface area contributed by atoms with Gasteiger partial charge in [0.15, 0.2) is 11.3 Å². The van der Waals surface area contributed by atoms with Gasteiger partial charge in [-0.25, -0.2) is 4.79 Å². The van der Waals surface area contributed by atoms with Crippen LogP contribution >= 0.6 is 0 Å². The molecule has 0 atom stereocenters. The molecule has 2 aromatic rings. The van der Waals surface area contributed by atoms with E-state index in [1.807, 2.05) is 12.1 Å². The fourth-order valence-electron chi connectivity index (χ4n) is 2.13. The summed E-state index contributed by atoms with van der Waals surface area (Å²) in [6.07, 6.45) is 2.15. The van der Waals surface area contributed by atoms with E-state index in [4.69, 9.17) is 9.15 Å². The summed E-state index contributed by atoms with van der Waals surface area (Å²) in [5, 5.41) is 3.28. The Balaban J connectivity index is 1.91. The highest BCUT2D eigenvalue weighted by Gasteiger charge is 2.17. The number of aromatic nitrogens is 1. The number of piperidine rings is 1. The van der Waals surface area contributed by atoms with Gasteiger partial charge in [0.25, 0.3) is 0 Å². The van der Waals surface area contributed by atoms with Crippen molar-refractivity contribution in [2.75, 3.05) is 13.1 Å². The zero-order chi connectivity index (χ0) is 11.7. The summed E-state index contributed by atoms with van der Waals surface area (Å²) in [4.78, 5) is 13.8. The standard InChI is InChI=1S/C12H14N2O3/c15-12-14-9-2-1-3-10(11(9)17-12)16-8-4-6-13-7-5-8/h1-3,8,13H,4-7H2,(H,14,15). The number of hydrogen-bond acceptors (Lipinski definition) is 4. The van der Waals surface area contributed by atoms with Crippen LogP contribution in [0.1, 0.15) is 12.8 Å². The van der Waals surface area contributed by atoms with Gasteiger partial charge in [0.05, 0.1) is 5.52 Å². The first-order valence-electron chi connectivity index (χ1n) is 5.82. The number of oxazole rings is 1. The molecule has 0 spiro atoms. The zero-order valence-corrected chi connectivity index (χ0v) is 9.36. The summed E-state index contributed by atoms with van der Waals surface area (Å²) in [7, 11) is 0. The lowest BCUT2D eigenvalue weighted by Gasteiger charge is -2.23. The number of nitrogens with one attached hydrogen (secondary N) is 2. The maximum absolute atomic E-state index is 11.1. The Labute approximate surface area is 97.8 Å². The summed E-state index contributed by atoms with van der Waals surface area (Å²) in [5.74, 6) is 0.203.